The third kappa shape index (κ3) is 2.09. The second-order valence-electron chi connectivity index (χ2n) is 7.34. The fraction of sp³-hybridized carbons (Fsp3) is 0.0769. The number of aromatic nitrogens is 1. The average molecular weight is 361 g/mol. The molecule has 2 nitrogen and oxygen atoms in total. The molecular weight excluding hydrogens is 342 g/mol. The molecule has 0 aliphatic heterocycles. The molecule has 28 heavy (non-hydrogen) atoms. The van der Waals surface area contributed by atoms with Crippen LogP contribution in [0.4, 0.5) is 0 Å². The van der Waals surface area contributed by atoms with E-state index in [0.717, 1.165) is 28.7 Å². The highest BCUT2D eigenvalue weighted by Gasteiger charge is 2.13. The lowest BCUT2D eigenvalue weighted by atomic mass is 10.1. The molecule has 0 saturated heterocycles. The Balaban J connectivity index is 1.69. The number of fused-ring (bicyclic) bond motifs is 6. The molecule has 2 aromatic heterocycles. The lowest BCUT2D eigenvalue weighted by Crippen LogP contribution is -1.93. The molecule has 0 aliphatic rings. The van der Waals surface area contributed by atoms with Crippen LogP contribution in [0, 0.1) is 0 Å². The Morgan fingerprint density at radius 2 is 1.36 bits per heavy atom. The van der Waals surface area contributed by atoms with Crippen LogP contribution in [0.3, 0.4) is 0 Å². The maximum Gasteiger partial charge on any atom is 0.135 e. The third-order valence-electron chi connectivity index (χ3n) is 5.77. The average Bonchev–Trinajstić information content (AvgIpc) is 3.28. The second-order valence-corrected chi connectivity index (χ2v) is 7.34. The van der Waals surface area contributed by atoms with E-state index in [-0.39, 0.29) is 0 Å². The lowest BCUT2D eigenvalue weighted by Gasteiger charge is -2.07. The number of hydrogen-bond acceptors (Lipinski definition) is 1. The Labute approximate surface area is 162 Å². The Kier molecular flexibility index (Phi) is 3.18. The Morgan fingerprint density at radius 1 is 0.643 bits per heavy atom. The van der Waals surface area contributed by atoms with Crippen LogP contribution in [-0.4, -0.2) is 4.57 Å². The van der Waals surface area contributed by atoms with Crippen LogP contribution in [0.1, 0.15) is 12.5 Å². The first-order valence-corrected chi connectivity index (χ1v) is 9.77. The Bertz CT molecular complexity index is 1450. The summed E-state index contributed by atoms with van der Waals surface area (Å²) in [6.07, 6.45) is 1.01. The normalized spacial score (nSPS) is 11.9. The van der Waals surface area contributed by atoms with Gasteiger partial charge in [-0.3, -0.25) is 0 Å². The van der Waals surface area contributed by atoms with Gasteiger partial charge in [-0.2, -0.15) is 0 Å². The molecule has 4 aromatic carbocycles. The molecule has 134 valence electrons. The van der Waals surface area contributed by atoms with Gasteiger partial charge in [0.2, 0.25) is 0 Å². The van der Waals surface area contributed by atoms with Gasteiger partial charge >= 0.3 is 0 Å². The van der Waals surface area contributed by atoms with E-state index < -0.39 is 0 Å². The van der Waals surface area contributed by atoms with Crippen molar-refractivity contribution in [3.05, 3.63) is 90.5 Å². The number of benzene rings is 4. The second kappa shape index (κ2) is 5.74. The molecule has 0 fully saturated rings. The molecule has 0 N–H and O–H groups in total. The molecule has 0 spiro atoms. The van der Waals surface area contributed by atoms with E-state index in [1.807, 2.05) is 0 Å². The number of nitrogens with zero attached hydrogens (tertiary/aromatic N) is 1. The fourth-order valence-electron chi connectivity index (χ4n) is 4.37. The van der Waals surface area contributed by atoms with Gasteiger partial charge in [-0.05, 0) is 48.4 Å². The summed E-state index contributed by atoms with van der Waals surface area (Å²) in [7, 11) is 0. The molecule has 2 heterocycles. The van der Waals surface area contributed by atoms with Gasteiger partial charge in [0, 0.05) is 27.2 Å². The van der Waals surface area contributed by atoms with Crippen LogP contribution < -0.4 is 0 Å². The predicted molar refractivity (Wildman–Crippen MR) is 117 cm³/mol. The van der Waals surface area contributed by atoms with Gasteiger partial charge in [0.15, 0.2) is 0 Å². The Morgan fingerprint density at radius 3 is 2.07 bits per heavy atom. The highest BCUT2D eigenvalue weighted by Crippen LogP contribution is 2.35. The van der Waals surface area contributed by atoms with E-state index in [2.05, 4.69) is 96.4 Å². The molecule has 0 atom stereocenters. The van der Waals surface area contributed by atoms with Crippen LogP contribution in [0.25, 0.3) is 49.4 Å². The van der Waals surface area contributed by atoms with E-state index in [1.165, 1.54) is 32.8 Å². The Hall–Kier alpha value is -3.52. The first-order valence-electron chi connectivity index (χ1n) is 9.77. The van der Waals surface area contributed by atoms with E-state index >= 15 is 0 Å². The van der Waals surface area contributed by atoms with Crippen LogP contribution in [-0.2, 0) is 6.42 Å². The summed E-state index contributed by atoms with van der Waals surface area (Å²) in [5, 5.41) is 4.90. The van der Waals surface area contributed by atoms with Gasteiger partial charge in [0.05, 0.1) is 11.0 Å². The first-order chi connectivity index (χ1) is 13.8. The summed E-state index contributed by atoms with van der Waals surface area (Å²) in [6.45, 7) is 2.17. The van der Waals surface area contributed by atoms with Crippen molar-refractivity contribution >= 4 is 43.7 Å². The summed E-state index contributed by atoms with van der Waals surface area (Å²) in [5.41, 5.74) is 6.82. The van der Waals surface area contributed by atoms with E-state index in [1.54, 1.807) is 0 Å². The van der Waals surface area contributed by atoms with E-state index in [9.17, 15) is 0 Å². The zero-order valence-electron chi connectivity index (χ0n) is 15.6. The van der Waals surface area contributed by atoms with Crippen LogP contribution in [0.5, 0.6) is 0 Å². The zero-order chi connectivity index (χ0) is 18.7. The minimum absolute atomic E-state index is 0.938. The number of aryl methyl sites for hydroxylation is 1. The van der Waals surface area contributed by atoms with Crippen molar-refractivity contribution in [2.75, 3.05) is 0 Å². The highest BCUT2D eigenvalue weighted by molar-refractivity contribution is 6.10. The summed E-state index contributed by atoms with van der Waals surface area (Å²) in [6, 6.07) is 30.3. The molecule has 0 unspecified atom stereocenters. The van der Waals surface area contributed by atoms with Crippen molar-refractivity contribution in [3.63, 3.8) is 0 Å². The quantitative estimate of drug-likeness (QED) is 0.318. The number of hydrogen-bond donors (Lipinski definition) is 0. The molecule has 0 saturated carbocycles. The maximum atomic E-state index is 6.13. The maximum absolute atomic E-state index is 6.13. The van der Waals surface area contributed by atoms with E-state index in [4.69, 9.17) is 4.42 Å². The number of para-hydroxylation sites is 2. The van der Waals surface area contributed by atoms with Crippen molar-refractivity contribution in [3.8, 4) is 5.69 Å². The van der Waals surface area contributed by atoms with Crippen molar-refractivity contribution in [2.45, 2.75) is 13.3 Å². The topological polar surface area (TPSA) is 18.1 Å². The molecule has 6 aromatic rings. The summed E-state index contributed by atoms with van der Waals surface area (Å²) in [4.78, 5) is 0. The van der Waals surface area contributed by atoms with Crippen molar-refractivity contribution in [2.24, 2.45) is 0 Å². The predicted octanol–water partition coefficient (Wildman–Crippen LogP) is 7.25. The van der Waals surface area contributed by atoms with Gasteiger partial charge < -0.3 is 8.98 Å². The minimum Gasteiger partial charge on any atom is -0.456 e. The monoisotopic (exact) mass is 361 g/mol. The van der Waals surface area contributed by atoms with Crippen LogP contribution >= 0.6 is 0 Å². The number of furan rings is 1. The largest absolute Gasteiger partial charge is 0.456 e. The van der Waals surface area contributed by atoms with E-state index in [0.29, 0.717) is 0 Å². The number of rotatable bonds is 2. The summed E-state index contributed by atoms with van der Waals surface area (Å²) in [5.74, 6) is 0. The molecule has 0 amide bonds. The molecular formula is C26H19NO. The molecule has 2 heteroatoms. The molecule has 0 radical (unpaired) electrons. The van der Waals surface area contributed by atoms with Gasteiger partial charge in [0.25, 0.3) is 0 Å². The van der Waals surface area contributed by atoms with Crippen LogP contribution in [0.2, 0.25) is 0 Å². The first kappa shape index (κ1) is 15.5. The molecule has 6 rings (SSSR count). The smallest absolute Gasteiger partial charge is 0.135 e. The third-order valence-corrected chi connectivity index (χ3v) is 5.77. The zero-order valence-corrected chi connectivity index (χ0v) is 15.6. The van der Waals surface area contributed by atoms with Crippen LogP contribution in [0.15, 0.2) is 89.3 Å². The standard InChI is InChI=1S/C26H19NO/c1-2-17-11-13-21-22-16-18(12-14-25(22)28-26(21)15-17)27-23-9-5-3-7-19(23)20-8-4-6-10-24(20)27/h3-16H,2H2,1H3. The lowest BCUT2D eigenvalue weighted by molar-refractivity contribution is 0.668. The van der Waals surface area contributed by atoms with Crippen molar-refractivity contribution in [1.82, 2.24) is 4.57 Å². The van der Waals surface area contributed by atoms with Crippen molar-refractivity contribution < 1.29 is 4.42 Å². The van der Waals surface area contributed by atoms with Crippen molar-refractivity contribution in [1.29, 1.82) is 0 Å². The van der Waals surface area contributed by atoms with Gasteiger partial charge in [-0.1, -0.05) is 55.5 Å². The SMILES string of the molecule is CCc1ccc2c(c1)oc1ccc(-n3c4ccccc4c4ccccc43)cc12. The van der Waals surface area contributed by atoms with Gasteiger partial charge in [0.1, 0.15) is 11.2 Å². The summed E-state index contributed by atoms with van der Waals surface area (Å²) >= 11 is 0. The molecule has 0 aliphatic carbocycles. The van der Waals surface area contributed by atoms with Gasteiger partial charge in [-0.15, -0.1) is 0 Å². The molecule has 0 bridgehead atoms. The fourth-order valence-corrected chi connectivity index (χ4v) is 4.37. The summed E-state index contributed by atoms with van der Waals surface area (Å²) < 4.78 is 8.48. The van der Waals surface area contributed by atoms with Gasteiger partial charge in [-0.25, -0.2) is 0 Å². The highest BCUT2D eigenvalue weighted by atomic mass is 16.3. The minimum atomic E-state index is 0.938.